The molecule has 0 saturated heterocycles. The second-order valence-corrected chi connectivity index (χ2v) is 7.57. The molecule has 4 nitrogen and oxygen atoms in total. The van der Waals surface area contributed by atoms with Crippen molar-refractivity contribution in [2.24, 2.45) is 0 Å². The van der Waals surface area contributed by atoms with E-state index in [-0.39, 0.29) is 11.8 Å². The molecule has 0 aliphatic rings. The van der Waals surface area contributed by atoms with Gasteiger partial charge in [0.05, 0.1) is 19.8 Å². The van der Waals surface area contributed by atoms with Crippen LogP contribution in [0.15, 0.2) is 35.0 Å². The van der Waals surface area contributed by atoms with Crippen LogP contribution in [0.1, 0.15) is 33.2 Å². The molecule has 0 unspecified atom stereocenters. The first-order chi connectivity index (χ1) is 12.5. The van der Waals surface area contributed by atoms with Gasteiger partial charge in [-0.15, -0.1) is 22.7 Å². The first kappa shape index (κ1) is 18.4. The van der Waals surface area contributed by atoms with Crippen molar-refractivity contribution in [2.75, 3.05) is 14.2 Å². The first-order valence-corrected chi connectivity index (χ1v) is 9.67. The number of thiophene rings is 2. The predicted molar refractivity (Wildman–Crippen MR) is 106 cm³/mol. The number of carbonyl (C=O) groups excluding carboxylic acids is 2. The number of hydrogen-bond donors (Lipinski definition) is 0. The number of ether oxygens (including phenoxy) is 2. The summed E-state index contributed by atoms with van der Waals surface area (Å²) in [6.07, 6.45) is 0. The Balaban J connectivity index is 2.18. The Morgan fingerprint density at radius 3 is 2.12 bits per heavy atom. The van der Waals surface area contributed by atoms with Gasteiger partial charge in [-0.05, 0) is 60.0 Å². The maximum atomic E-state index is 12.0. The number of Topliss-reactive ketones (excluding diaryl/α,β-unsaturated/α-hetero) is 1. The van der Waals surface area contributed by atoms with Crippen molar-refractivity contribution in [3.63, 3.8) is 0 Å². The third kappa shape index (κ3) is 3.18. The molecule has 0 atom stereocenters. The minimum Gasteiger partial charge on any atom is -0.496 e. The Bertz CT molecular complexity index is 982. The molecule has 0 spiro atoms. The molecule has 2 heterocycles. The largest absolute Gasteiger partial charge is 0.496 e. The van der Waals surface area contributed by atoms with Gasteiger partial charge in [0.1, 0.15) is 5.75 Å². The third-order valence-electron chi connectivity index (χ3n) is 4.15. The monoisotopic (exact) mass is 386 g/mol. The van der Waals surface area contributed by atoms with Crippen molar-refractivity contribution in [1.82, 2.24) is 0 Å². The molecular weight excluding hydrogens is 368 g/mol. The fourth-order valence-electron chi connectivity index (χ4n) is 2.86. The average molecular weight is 386 g/mol. The summed E-state index contributed by atoms with van der Waals surface area (Å²) in [4.78, 5) is 25.7. The highest BCUT2D eigenvalue weighted by Crippen LogP contribution is 2.42. The van der Waals surface area contributed by atoms with Gasteiger partial charge in [-0.25, -0.2) is 4.79 Å². The molecule has 134 valence electrons. The molecule has 3 aromatic rings. The molecule has 0 aliphatic carbocycles. The standard InChI is InChI=1S/C20H18O4S2/c1-11-9-16(18-13(12(2)21)5-7-25-18)17(23-3)10-15(11)19-14(6-8-26-19)20(22)24-4/h5-10H,1-4H3. The summed E-state index contributed by atoms with van der Waals surface area (Å²) in [5.74, 6) is 0.330. The van der Waals surface area contributed by atoms with Crippen LogP contribution in [0.4, 0.5) is 0 Å². The van der Waals surface area contributed by atoms with Gasteiger partial charge in [-0.1, -0.05) is 0 Å². The number of benzene rings is 1. The Labute approximate surface area is 160 Å². The van der Waals surface area contributed by atoms with Crippen molar-refractivity contribution in [1.29, 1.82) is 0 Å². The molecule has 0 amide bonds. The van der Waals surface area contributed by atoms with Crippen molar-refractivity contribution < 1.29 is 19.1 Å². The zero-order valence-corrected chi connectivity index (χ0v) is 16.5. The highest BCUT2D eigenvalue weighted by molar-refractivity contribution is 7.14. The predicted octanol–water partition coefficient (Wildman–Crippen LogP) is 5.45. The van der Waals surface area contributed by atoms with Gasteiger partial charge >= 0.3 is 5.97 Å². The Hall–Kier alpha value is -2.44. The molecule has 0 radical (unpaired) electrons. The number of esters is 1. The van der Waals surface area contributed by atoms with Gasteiger partial charge in [0.25, 0.3) is 0 Å². The van der Waals surface area contributed by atoms with Gasteiger partial charge in [0, 0.05) is 20.9 Å². The van der Waals surface area contributed by atoms with Crippen molar-refractivity contribution in [3.8, 4) is 26.6 Å². The summed E-state index contributed by atoms with van der Waals surface area (Å²) < 4.78 is 10.5. The lowest BCUT2D eigenvalue weighted by Gasteiger charge is -2.14. The van der Waals surface area contributed by atoms with E-state index in [4.69, 9.17) is 9.47 Å². The number of aryl methyl sites for hydroxylation is 1. The van der Waals surface area contributed by atoms with Crippen molar-refractivity contribution >= 4 is 34.4 Å². The fraction of sp³-hybridized carbons (Fsp3) is 0.200. The summed E-state index contributed by atoms with van der Waals surface area (Å²) in [6, 6.07) is 7.53. The molecule has 0 fully saturated rings. The molecule has 2 aromatic heterocycles. The van der Waals surface area contributed by atoms with Crippen LogP contribution in [0, 0.1) is 6.92 Å². The fourth-order valence-corrected chi connectivity index (χ4v) is 4.79. The second kappa shape index (κ2) is 7.43. The summed E-state index contributed by atoms with van der Waals surface area (Å²) in [6.45, 7) is 3.55. The average Bonchev–Trinajstić information content (AvgIpc) is 3.30. The summed E-state index contributed by atoms with van der Waals surface area (Å²) in [7, 11) is 2.98. The van der Waals surface area contributed by atoms with Crippen LogP contribution in [0.2, 0.25) is 0 Å². The topological polar surface area (TPSA) is 52.6 Å². The lowest BCUT2D eigenvalue weighted by molar-refractivity contribution is 0.0602. The minimum atomic E-state index is -0.360. The van der Waals surface area contributed by atoms with E-state index in [2.05, 4.69) is 0 Å². The van der Waals surface area contributed by atoms with Crippen molar-refractivity contribution in [3.05, 3.63) is 51.7 Å². The maximum Gasteiger partial charge on any atom is 0.339 e. The van der Waals surface area contributed by atoms with Crippen LogP contribution in [0.25, 0.3) is 20.9 Å². The molecule has 6 heteroatoms. The van der Waals surface area contributed by atoms with E-state index >= 15 is 0 Å². The van der Waals surface area contributed by atoms with E-state index in [1.807, 2.05) is 35.9 Å². The summed E-state index contributed by atoms with van der Waals surface area (Å²) >= 11 is 3.00. The van der Waals surface area contributed by atoms with Crippen LogP contribution in [-0.4, -0.2) is 26.0 Å². The Morgan fingerprint density at radius 2 is 1.54 bits per heavy atom. The van der Waals surface area contributed by atoms with Crippen LogP contribution >= 0.6 is 22.7 Å². The zero-order valence-electron chi connectivity index (χ0n) is 14.9. The number of hydrogen-bond acceptors (Lipinski definition) is 6. The van der Waals surface area contributed by atoms with E-state index in [0.717, 1.165) is 26.4 Å². The molecule has 3 rings (SSSR count). The molecule has 0 bridgehead atoms. The number of methoxy groups -OCH3 is 2. The lowest BCUT2D eigenvalue weighted by atomic mass is 9.98. The van der Waals surface area contributed by atoms with E-state index in [1.165, 1.54) is 29.8 Å². The van der Waals surface area contributed by atoms with Gasteiger partial charge in [-0.3, -0.25) is 4.79 Å². The van der Waals surface area contributed by atoms with Crippen LogP contribution < -0.4 is 4.74 Å². The second-order valence-electron chi connectivity index (χ2n) is 5.74. The van der Waals surface area contributed by atoms with E-state index in [0.29, 0.717) is 16.9 Å². The first-order valence-electron chi connectivity index (χ1n) is 7.91. The molecule has 0 saturated carbocycles. The Kier molecular flexibility index (Phi) is 5.25. The van der Waals surface area contributed by atoms with Crippen LogP contribution in [0.5, 0.6) is 5.75 Å². The number of carbonyl (C=O) groups is 2. The van der Waals surface area contributed by atoms with Gasteiger partial charge in [-0.2, -0.15) is 0 Å². The third-order valence-corrected chi connectivity index (χ3v) is 6.05. The minimum absolute atomic E-state index is 0.0243. The smallest absolute Gasteiger partial charge is 0.339 e. The van der Waals surface area contributed by atoms with E-state index in [1.54, 1.807) is 20.1 Å². The van der Waals surface area contributed by atoms with Gasteiger partial charge in [0.2, 0.25) is 0 Å². The summed E-state index contributed by atoms with van der Waals surface area (Å²) in [5, 5.41) is 3.78. The molecular formula is C20H18O4S2. The summed E-state index contributed by atoms with van der Waals surface area (Å²) in [5.41, 5.74) is 4.02. The molecule has 0 aliphatic heterocycles. The van der Waals surface area contributed by atoms with Crippen molar-refractivity contribution in [2.45, 2.75) is 13.8 Å². The SMILES string of the molecule is COC(=O)c1ccsc1-c1cc(OC)c(-c2sccc2C(C)=O)cc1C. The number of ketones is 1. The van der Waals surface area contributed by atoms with Gasteiger partial charge in [0.15, 0.2) is 5.78 Å². The highest BCUT2D eigenvalue weighted by Gasteiger charge is 2.21. The molecule has 1 aromatic carbocycles. The zero-order chi connectivity index (χ0) is 18.8. The molecule has 26 heavy (non-hydrogen) atoms. The van der Waals surface area contributed by atoms with E-state index < -0.39 is 0 Å². The van der Waals surface area contributed by atoms with E-state index in [9.17, 15) is 9.59 Å². The quantitative estimate of drug-likeness (QED) is 0.432. The van der Waals surface area contributed by atoms with Gasteiger partial charge < -0.3 is 9.47 Å². The van der Waals surface area contributed by atoms with Crippen LogP contribution in [-0.2, 0) is 4.74 Å². The molecule has 0 N–H and O–H groups in total. The van der Waals surface area contributed by atoms with Crippen LogP contribution in [0.3, 0.4) is 0 Å². The normalized spacial score (nSPS) is 10.6. The number of rotatable bonds is 5. The lowest BCUT2D eigenvalue weighted by Crippen LogP contribution is -2.01. The Morgan fingerprint density at radius 1 is 0.923 bits per heavy atom. The highest BCUT2D eigenvalue weighted by atomic mass is 32.1. The maximum absolute atomic E-state index is 12.0.